The predicted molar refractivity (Wildman–Crippen MR) is 117 cm³/mol. The summed E-state index contributed by atoms with van der Waals surface area (Å²) in [6.07, 6.45) is 1.18. The number of nitrogens with two attached hydrogens (primary N) is 1. The molecule has 1 atom stereocenters. The van der Waals surface area contributed by atoms with E-state index in [-0.39, 0.29) is 35.6 Å². The number of rotatable bonds is 10. The summed E-state index contributed by atoms with van der Waals surface area (Å²) in [5, 5.41) is 20.1. The third-order valence-corrected chi connectivity index (χ3v) is 4.66. The van der Waals surface area contributed by atoms with Crippen molar-refractivity contribution in [1.29, 1.82) is 0 Å². The Bertz CT molecular complexity index is 1310. The van der Waals surface area contributed by atoms with Crippen LogP contribution in [0.2, 0.25) is 0 Å². The van der Waals surface area contributed by atoms with E-state index in [9.17, 15) is 29.1 Å². The number of fused-ring (bicyclic) bond motifs is 1. The minimum Gasteiger partial charge on any atom is -0.481 e. The number of carboxylic acid groups (broad SMARTS) is 2. The standard InChI is InChI=1S/C20H19N7O7/c21-20-25-16-15(18(32)26-20)23-11(7-22-16)8-27(9-28)12-3-1-10(2-4-12)17(31)24-13(19(33)34)5-6-14(29)30/h1-4,7,9,13H,5-6,8H2,(H,24,31)(H,29,30)(H,33,34)(H3,21,22,25,26,32)/t13-/m0/s1/i5+1,6+1,13+1,14+1,19+1. The van der Waals surface area contributed by atoms with E-state index >= 15 is 0 Å². The van der Waals surface area contributed by atoms with Gasteiger partial charge in [-0.05, 0) is 30.7 Å². The van der Waals surface area contributed by atoms with Crippen molar-refractivity contribution >= 4 is 47.1 Å². The molecule has 0 unspecified atom stereocenters. The zero-order valence-corrected chi connectivity index (χ0v) is 17.5. The van der Waals surface area contributed by atoms with Crippen molar-refractivity contribution in [2.75, 3.05) is 10.6 Å². The number of aliphatic carboxylic acids is 2. The van der Waals surface area contributed by atoms with Crippen LogP contribution in [0.25, 0.3) is 11.2 Å². The summed E-state index contributed by atoms with van der Waals surface area (Å²) in [4.78, 5) is 73.6. The first-order chi connectivity index (χ1) is 16.2. The van der Waals surface area contributed by atoms with Gasteiger partial charge in [-0.3, -0.25) is 24.2 Å². The topological polar surface area (TPSA) is 222 Å². The van der Waals surface area contributed by atoms with Crippen LogP contribution in [0, 0.1) is 0 Å². The second-order valence-electron chi connectivity index (χ2n) is 7.06. The monoisotopic (exact) mass is 474 g/mol. The maximum Gasteiger partial charge on any atom is 0.326 e. The molecule has 3 aromatic rings. The van der Waals surface area contributed by atoms with Crippen molar-refractivity contribution in [2.45, 2.75) is 25.4 Å². The smallest absolute Gasteiger partial charge is 0.326 e. The van der Waals surface area contributed by atoms with Gasteiger partial charge in [-0.1, -0.05) is 0 Å². The van der Waals surface area contributed by atoms with E-state index in [0.717, 1.165) is 0 Å². The van der Waals surface area contributed by atoms with Crippen molar-refractivity contribution in [2.24, 2.45) is 0 Å². The summed E-state index contributed by atoms with van der Waals surface area (Å²) >= 11 is 0. The largest absolute Gasteiger partial charge is 0.481 e. The Morgan fingerprint density at radius 1 is 1.18 bits per heavy atom. The van der Waals surface area contributed by atoms with Crippen LogP contribution in [-0.2, 0) is 20.9 Å². The second kappa shape index (κ2) is 10.2. The van der Waals surface area contributed by atoms with Gasteiger partial charge in [0.15, 0.2) is 11.2 Å². The maximum atomic E-state index is 12.4. The average Bonchev–Trinajstić information content (AvgIpc) is 2.80. The van der Waals surface area contributed by atoms with Gasteiger partial charge in [-0.15, -0.1) is 0 Å². The molecule has 1 aromatic carbocycles. The first kappa shape index (κ1) is 23.8. The first-order valence-electron chi connectivity index (χ1n) is 9.77. The predicted octanol–water partition coefficient (Wildman–Crippen LogP) is -0.494. The number of carbonyl (C=O) groups excluding carboxylic acids is 2. The number of hydrogen-bond donors (Lipinski definition) is 5. The maximum absolute atomic E-state index is 12.4. The van der Waals surface area contributed by atoms with Gasteiger partial charge in [0.1, 0.15) is 6.04 Å². The summed E-state index contributed by atoms with van der Waals surface area (Å²) in [5.74, 6) is -3.35. The highest BCUT2D eigenvalue weighted by Crippen LogP contribution is 2.17. The molecule has 0 bridgehead atoms. The zero-order valence-electron chi connectivity index (χ0n) is 17.5. The van der Waals surface area contributed by atoms with E-state index in [1.165, 1.54) is 35.4 Å². The quantitative estimate of drug-likeness (QED) is 0.186. The Labute approximate surface area is 190 Å². The molecule has 0 aliphatic carbocycles. The van der Waals surface area contributed by atoms with Gasteiger partial charge in [0.25, 0.3) is 11.5 Å². The van der Waals surface area contributed by atoms with Crippen LogP contribution in [-0.4, -0.2) is 60.4 Å². The van der Waals surface area contributed by atoms with Gasteiger partial charge in [0.2, 0.25) is 12.4 Å². The minimum atomic E-state index is -1.37. The summed E-state index contributed by atoms with van der Waals surface area (Å²) in [6.45, 7) is -0.0436. The van der Waals surface area contributed by atoms with Crippen LogP contribution in [0.4, 0.5) is 11.6 Å². The molecule has 0 aliphatic rings. The molecular weight excluding hydrogens is 455 g/mol. The van der Waals surface area contributed by atoms with E-state index in [1.54, 1.807) is 0 Å². The van der Waals surface area contributed by atoms with Crippen molar-refractivity contribution in [3.63, 3.8) is 0 Å². The number of aromatic nitrogens is 4. The third kappa shape index (κ3) is 5.67. The number of amides is 2. The Hall–Kier alpha value is -4.88. The number of carboxylic acids is 2. The van der Waals surface area contributed by atoms with Crippen molar-refractivity contribution in [3.05, 3.63) is 52.1 Å². The van der Waals surface area contributed by atoms with Crippen LogP contribution in [0.5, 0.6) is 0 Å². The van der Waals surface area contributed by atoms with Gasteiger partial charge in [0.05, 0.1) is 18.4 Å². The lowest BCUT2D eigenvalue weighted by atomic mass is 10.2. The number of carbonyl (C=O) groups is 4. The van der Waals surface area contributed by atoms with Gasteiger partial charge in [-0.25, -0.2) is 14.8 Å². The van der Waals surface area contributed by atoms with E-state index in [1.807, 2.05) is 0 Å². The van der Waals surface area contributed by atoms with E-state index in [4.69, 9.17) is 10.8 Å². The highest BCUT2D eigenvalue weighted by Gasteiger charge is 2.22. The lowest BCUT2D eigenvalue weighted by molar-refractivity contribution is -0.140. The highest BCUT2D eigenvalue weighted by molar-refractivity contribution is 5.97. The molecule has 176 valence electrons. The number of anilines is 2. The number of nitrogens with one attached hydrogen (secondary N) is 2. The Balaban J connectivity index is 1.73. The van der Waals surface area contributed by atoms with Crippen molar-refractivity contribution in [1.82, 2.24) is 25.3 Å². The molecule has 6 N–H and O–H groups in total. The molecule has 3 rings (SSSR count). The molecule has 0 radical (unpaired) electrons. The van der Waals surface area contributed by atoms with Crippen LogP contribution in [0.15, 0.2) is 35.3 Å². The Kier molecular flexibility index (Phi) is 7.10. The van der Waals surface area contributed by atoms with Gasteiger partial charge in [-0.2, -0.15) is 4.98 Å². The molecule has 2 amide bonds. The normalized spacial score (nSPS) is 11.5. The lowest BCUT2D eigenvalue weighted by Crippen LogP contribution is -2.41. The average molecular weight is 474 g/mol. The van der Waals surface area contributed by atoms with Gasteiger partial charge in [0, 0.05) is 17.7 Å². The fourth-order valence-electron chi connectivity index (χ4n) is 2.98. The SMILES string of the molecule is Nc1nc2ncc(CN(C=O)c3ccc(C(=O)N[13C@@H]([13CH2][13CH2][13C](=O)O)[13C](=O)O)cc3)nc2c(=O)[nH]1. The molecule has 0 fully saturated rings. The number of H-pyrrole nitrogens is 1. The number of benzene rings is 1. The van der Waals surface area contributed by atoms with Crippen molar-refractivity contribution < 1.29 is 29.4 Å². The molecule has 2 heterocycles. The first-order valence-corrected chi connectivity index (χ1v) is 9.77. The molecule has 0 spiro atoms. The molecule has 14 heteroatoms. The van der Waals surface area contributed by atoms with E-state index in [0.29, 0.717) is 17.8 Å². The van der Waals surface area contributed by atoms with Crippen LogP contribution >= 0.6 is 0 Å². The van der Waals surface area contributed by atoms with Crippen molar-refractivity contribution in [3.8, 4) is 0 Å². The van der Waals surface area contributed by atoms with Crippen LogP contribution < -0.4 is 21.5 Å². The van der Waals surface area contributed by atoms with Crippen LogP contribution in [0.3, 0.4) is 0 Å². The molecule has 2 aromatic heterocycles. The summed E-state index contributed by atoms with van der Waals surface area (Å²) in [7, 11) is 0. The molecule has 0 aliphatic heterocycles. The highest BCUT2D eigenvalue weighted by atomic mass is 16.5. The van der Waals surface area contributed by atoms with Gasteiger partial charge < -0.3 is 26.2 Å². The summed E-state index contributed by atoms with van der Waals surface area (Å²) in [6, 6.07) is 4.30. The second-order valence-corrected chi connectivity index (χ2v) is 7.06. The summed E-state index contributed by atoms with van der Waals surface area (Å²) < 4.78 is 0. The molecule has 0 saturated heterocycles. The van der Waals surface area contributed by atoms with E-state index in [2.05, 4.69) is 25.3 Å². The molecular formula is C20H19N7O7. The Morgan fingerprint density at radius 3 is 2.50 bits per heavy atom. The lowest BCUT2D eigenvalue weighted by Gasteiger charge is -2.18. The fourth-order valence-corrected chi connectivity index (χ4v) is 2.98. The molecule has 14 nitrogen and oxygen atoms in total. The van der Waals surface area contributed by atoms with E-state index < -0.39 is 35.9 Å². The van der Waals surface area contributed by atoms with Crippen LogP contribution in [0.1, 0.15) is 28.9 Å². The molecule has 0 saturated carbocycles. The van der Waals surface area contributed by atoms with Gasteiger partial charge >= 0.3 is 11.9 Å². The number of nitrogen functional groups attached to an aromatic ring is 1. The fraction of sp³-hybridized carbons (Fsp3) is 0.200. The minimum absolute atomic E-state index is 0.0412. The number of hydrogen-bond acceptors (Lipinski definition) is 9. The third-order valence-electron chi connectivity index (χ3n) is 4.66. The number of nitrogens with zero attached hydrogens (tertiary/aromatic N) is 4. The molecule has 34 heavy (non-hydrogen) atoms. The zero-order chi connectivity index (χ0) is 24.8. The number of aromatic amines is 1. The Morgan fingerprint density at radius 2 is 1.88 bits per heavy atom. The summed E-state index contributed by atoms with van der Waals surface area (Å²) in [5.41, 5.74) is 5.70.